The number of aromatic nitrogens is 1. The van der Waals surface area contributed by atoms with Gasteiger partial charge < -0.3 is 5.32 Å². The fraction of sp³-hybridized carbons (Fsp3) is 0.333. The molecular weight excluding hydrogens is 328 g/mol. The molecule has 2 aromatic carbocycles. The van der Waals surface area contributed by atoms with Crippen LogP contribution in [0.5, 0.6) is 0 Å². The lowest BCUT2D eigenvalue weighted by Crippen LogP contribution is -2.41. The quantitative estimate of drug-likeness (QED) is 0.742. The Bertz CT molecular complexity index is 900. The number of carbonyl (C=O) groups is 1. The minimum Gasteiger partial charge on any atom is -0.351 e. The number of nitrogens with zero attached hydrogens (tertiary/aromatic N) is 1. The van der Waals surface area contributed by atoms with E-state index in [1.807, 2.05) is 27.7 Å². The van der Waals surface area contributed by atoms with E-state index in [4.69, 9.17) is 4.98 Å². The summed E-state index contributed by atoms with van der Waals surface area (Å²) in [6.07, 6.45) is 1.20. The zero-order chi connectivity index (χ0) is 18.0. The van der Waals surface area contributed by atoms with Crippen molar-refractivity contribution in [3.05, 3.63) is 63.6 Å². The molecule has 0 fully saturated rings. The number of carbonyl (C=O) groups excluding carboxylic acids is 1. The van der Waals surface area contributed by atoms with Gasteiger partial charge in [0.25, 0.3) is 0 Å². The third-order valence-corrected chi connectivity index (χ3v) is 5.15. The van der Waals surface area contributed by atoms with E-state index in [9.17, 15) is 4.79 Å². The van der Waals surface area contributed by atoms with Gasteiger partial charge in [-0.3, -0.25) is 4.79 Å². The molecule has 3 aromatic rings. The van der Waals surface area contributed by atoms with Gasteiger partial charge in [-0.15, -0.1) is 11.3 Å². The first kappa shape index (κ1) is 17.6. The monoisotopic (exact) mass is 352 g/mol. The molecule has 0 spiro atoms. The Morgan fingerprint density at radius 2 is 1.84 bits per heavy atom. The van der Waals surface area contributed by atoms with Crippen LogP contribution in [0.4, 0.5) is 0 Å². The van der Waals surface area contributed by atoms with Gasteiger partial charge in [0, 0.05) is 16.8 Å². The third-order valence-electron chi connectivity index (χ3n) is 3.99. The fourth-order valence-corrected chi connectivity index (χ4v) is 4.04. The minimum atomic E-state index is -0.207. The van der Waals surface area contributed by atoms with Crippen LogP contribution in [0.2, 0.25) is 0 Å². The summed E-state index contributed by atoms with van der Waals surface area (Å²) in [5, 5.41) is 6.60. The molecule has 3 nitrogen and oxygen atoms in total. The molecule has 25 heavy (non-hydrogen) atoms. The van der Waals surface area contributed by atoms with Crippen molar-refractivity contribution < 1.29 is 4.79 Å². The van der Waals surface area contributed by atoms with Crippen LogP contribution in [-0.2, 0) is 17.6 Å². The van der Waals surface area contributed by atoms with Gasteiger partial charge in [-0.05, 0) is 44.0 Å². The minimum absolute atomic E-state index is 0.0518. The largest absolute Gasteiger partial charge is 0.351 e. The van der Waals surface area contributed by atoms with Crippen LogP contribution in [0.1, 0.15) is 41.9 Å². The van der Waals surface area contributed by atoms with Crippen LogP contribution in [0, 0.1) is 6.92 Å². The average molecular weight is 353 g/mol. The molecule has 1 aromatic heterocycles. The van der Waals surface area contributed by atoms with Crippen LogP contribution in [-0.4, -0.2) is 16.4 Å². The van der Waals surface area contributed by atoms with E-state index in [2.05, 4.69) is 47.8 Å². The lowest BCUT2D eigenvalue weighted by atomic mass is 10.0. The van der Waals surface area contributed by atoms with Crippen LogP contribution < -0.4 is 5.32 Å². The van der Waals surface area contributed by atoms with Crippen molar-refractivity contribution in [2.75, 3.05) is 0 Å². The van der Waals surface area contributed by atoms with Crippen LogP contribution >= 0.6 is 11.3 Å². The standard InChI is InChI=1S/C21H24N2OS/c1-14-18(13-19(24)23-21(2,3)4)25-20(22-14)12-16-10-7-9-15-8-5-6-11-17(15)16/h5-11H,12-13H2,1-4H3,(H,23,24). The molecule has 130 valence electrons. The Labute approximate surface area is 153 Å². The Hall–Kier alpha value is -2.20. The van der Waals surface area contributed by atoms with Crippen molar-refractivity contribution in [2.24, 2.45) is 0 Å². The molecule has 0 unspecified atom stereocenters. The SMILES string of the molecule is Cc1nc(Cc2cccc3ccccc23)sc1CC(=O)NC(C)(C)C. The number of hydrogen-bond donors (Lipinski definition) is 1. The Morgan fingerprint density at radius 1 is 1.12 bits per heavy atom. The summed E-state index contributed by atoms with van der Waals surface area (Å²) in [6, 6.07) is 14.8. The second-order valence-electron chi connectivity index (χ2n) is 7.41. The summed E-state index contributed by atoms with van der Waals surface area (Å²) in [5.74, 6) is 0.0518. The first-order chi connectivity index (χ1) is 11.8. The van der Waals surface area contributed by atoms with E-state index in [0.29, 0.717) is 6.42 Å². The molecule has 0 saturated carbocycles. The van der Waals surface area contributed by atoms with Crippen molar-refractivity contribution in [2.45, 2.75) is 46.1 Å². The topological polar surface area (TPSA) is 42.0 Å². The van der Waals surface area contributed by atoms with Gasteiger partial charge in [0.1, 0.15) is 0 Å². The third kappa shape index (κ3) is 4.45. The predicted molar refractivity (Wildman–Crippen MR) is 105 cm³/mol. The van der Waals surface area contributed by atoms with E-state index >= 15 is 0 Å². The molecule has 1 amide bonds. The zero-order valence-electron chi connectivity index (χ0n) is 15.2. The highest BCUT2D eigenvalue weighted by Crippen LogP contribution is 2.25. The highest BCUT2D eigenvalue weighted by molar-refractivity contribution is 7.11. The Balaban J connectivity index is 1.79. The van der Waals surface area contributed by atoms with E-state index in [-0.39, 0.29) is 11.4 Å². The number of hydrogen-bond acceptors (Lipinski definition) is 3. The van der Waals surface area contributed by atoms with Gasteiger partial charge in [-0.2, -0.15) is 0 Å². The Morgan fingerprint density at radius 3 is 2.60 bits per heavy atom. The smallest absolute Gasteiger partial charge is 0.225 e. The zero-order valence-corrected chi connectivity index (χ0v) is 16.0. The maximum atomic E-state index is 12.2. The number of thiazole rings is 1. The molecule has 1 N–H and O–H groups in total. The lowest BCUT2D eigenvalue weighted by molar-refractivity contribution is -0.121. The molecule has 0 aliphatic carbocycles. The molecule has 0 saturated heterocycles. The molecule has 0 aliphatic heterocycles. The number of benzene rings is 2. The fourth-order valence-electron chi connectivity index (χ4n) is 2.95. The summed E-state index contributed by atoms with van der Waals surface area (Å²) in [7, 11) is 0. The Kier molecular flexibility index (Phi) is 4.91. The molecule has 0 bridgehead atoms. The van der Waals surface area contributed by atoms with Crippen molar-refractivity contribution in [1.82, 2.24) is 10.3 Å². The number of nitrogens with one attached hydrogen (secondary N) is 1. The van der Waals surface area contributed by atoms with Crippen molar-refractivity contribution in [3.8, 4) is 0 Å². The molecule has 3 rings (SSSR count). The number of amides is 1. The van der Waals surface area contributed by atoms with Crippen LogP contribution in [0.15, 0.2) is 42.5 Å². The molecule has 0 atom stereocenters. The number of rotatable bonds is 4. The first-order valence-electron chi connectivity index (χ1n) is 8.55. The summed E-state index contributed by atoms with van der Waals surface area (Å²) in [4.78, 5) is 17.9. The maximum Gasteiger partial charge on any atom is 0.225 e. The molecule has 4 heteroatoms. The van der Waals surface area contributed by atoms with Crippen molar-refractivity contribution in [1.29, 1.82) is 0 Å². The van der Waals surface area contributed by atoms with Crippen molar-refractivity contribution in [3.63, 3.8) is 0 Å². The van der Waals surface area contributed by atoms with Gasteiger partial charge in [0.15, 0.2) is 0 Å². The molecule has 1 heterocycles. The van der Waals surface area contributed by atoms with Gasteiger partial charge >= 0.3 is 0 Å². The molecular formula is C21H24N2OS. The van der Waals surface area contributed by atoms with Gasteiger partial charge in [0.2, 0.25) is 5.91 Å². The second-order valence-corrected chi connectivity index (χ2v) is 8.57. The van der Waals surface area contributed by atoms with E-state index in [1.54, 1.807) is 11.3 Å². The van der Waals surface area contributed by atoms with Crippen LogP contribution in [0.25, 0.3) is 10.8 Å². The lowest BCUT2D eigenvalue weighted by Gasteiger charge is -2.20. The molecule has 0 radical (unpaired) electrons. The van der Waals surface area contributed by atoms with E-state index in [0.717, 1.165) is 22.0 Å². The molecule has 0 aliphatic rings. The second kappa shape index (κ2) is 6.96. The first-order valence-corrected chi connectivity index (χ1v) is 9.36. The van der Waals surface area contributed by atoms with Gasteiger partial charge in [0.05, 0.1) is 17.1 Å². The maximum absolute atomic E-state index is 12.2. The predicted octanol–water partition coefficient (Wildman–Crippen LogP) is 4.65. The van der Waals surface area contributed by atoms with Crippen LogP contribution in [0.3, 0.4) is 0 Å². The van der Waals surface area contributed by atoms with E-state index < -0.39 is 0 Å². The summed E-state index contributed by atoms with van der Waals surface area (Å²) in [5.41, 5.74) is 2.03. The number of fused-ring (bicyclic) bond motifs is 1. The summed E-state index contributed by atoms with van der Waals surface area (Å²) in [6.45, 7) is 7.98. The van der Waals surface area contributed by atoms with Gasteiger partial charge in [-0.25, -0.2) is 4.98 Å². The summed E-state index contributed by atoms with van der Waals surface area (Å²) >= 11 is 1.65. The summed E-state index contributed by atoms with van der Waals surface area (Å²) < 4.78 is 0. The highest BCUT2D eigenvalue weighted by atomic mass is 32.1. The van der Waals surface area contributed by atoms with Crippen molar-refractivity contribution >= 4 is 28.0 Å². The average Bonchev–Trinajstić information content (AvgIpc) is 2.85. The normalized spacial score (nSPS) is 11.7. The van der Waals surface area contributed by atoms with Gasteiger partial charge in [-0.1, -0.05) is 42.5 Å². The highest BCUT2D eigenvalue weighted by Gasteiger charge is 2.17. The number of aryl methyl sites for hydroxylation is 1. The van der Waals surface area contributed by atoms with E-state index in [1.165, 1.54) is 16.3 Å².